The van der Waals surface area contributed by atoms with Crippen molar-refractivity contribution < 1.29 is 4.79 Å². The Labute approximate surface area is 158 Å². The molecule has 0 aliphatic heterocycles. The Balaban J connectivity index is 1.68. The summed E-state index contributed by atoms with van der Waals surface area (Å²) in [5, 5.41) is 22.7. The summed E-state index contributed by atoms with van der Waals surface area (Å²) in [5.41, 5.74) is 0.909. The normalized spacial score (nSPS) is 11.0. The molecule has 1 amide bonds. The average molecular weight is 392 g/mol. The number of benzene rings is 1. The number of rotatable bonds is 7. The molecule has 9 heteroatoms. The highest BCUT2D eigenvalue weighted by Crippen LogP contribution is 2.35. The summed E-state index contributed by atoms with van der Waals surface area (Å²) in [7, 11) is 0. The second-order valence-electron chi connectivity index (χ2n) is 5.21. The van der Waals surface area contributed by atoms with Crippen LogP contribution < -0.4 is 5.32 Å². The molecule has 130 valence electrons. The van der Waals surface area contributed by atoms with Gasteiger partial charge in [0.15, 0.2) is 8.68 Å². The van der Waals surface area contributed by atoms with E-state index in [1.54, 1.807) is 0 Å². The van der Waals surface area contributed by atoms with E-state index in [1.165, 1.54) is 34.9 Å². The molecule has 6 nitrogen and oxygen atoms in total. The van der Waals surface area contributed by atoms with E-state index in [-0.39, 0.29) is 5.91 Å². The lowest BCUT2D eigenvalue weighted by Gasteiger charge is -2.04. The van der Waals surface area contributed by atoms with Gasteiger partial charge in [0.05, 0.1) is 11.4 Å². The van der Waals surface area contributed by atoms with Crippen LogP contribution >= 0.6 is 34.9 Å². The first-order valence-electron chi connectivity index (χ1n) is 7.80. The van der Waals surface area contributed by atoms with Crippen LogP contribution in [0.25, 0.3) is 10.8 Å². The molecule has 0 saturated heterocycles. The number of carbonyl (C=O) groups is 1. The van der Waals surface area contributed by atoms with Gasteiger partial charge < -0.3 is 5.32 Å². The monoisotopic (exact) mass is 391 g/mol. The van der Waals surface area contributed by atoms with Crippen molar-refractivity contribution in [2.24, 2.45) is 0 Å². The third-order valence-corrected chi connectivity index (χ3v) is 6.41. The van der Waals surface area contributed by atoms with Gasteiger partial charge in [-0.3, -0.25) is 4.79 Å². The summed E-state index contributed by atoms with van der Waals surface area (Å²) in [6, 6.07) is 8.06. The van der Waals surface area contributed by atoms with Gasteiger partial charge in [0, 0.05) is 17.3 Å². The molecular weight excluding hydrogens is 374 g/mol. The molecule has 0 unspecified atom stereocenters. The molecule has 0 atom stereocenters. The van der Waals surface area contributed by atoms with Crippen molar-refractivity contribution in [3.05, 3.63) is 30.0 Å². The van der Waals surface area contributed by atoms with Gasteiger partial charge in [0.1, 0.15) is 5.03 Å². The van der Waals surface area contributed by atoms with Crippen LogP contribution in [0, 0.1) is 6.92 Å². The molecule has 0 radical (unpaired) electrons. The van der Waals surface area contributed by atoms with Gasteiger partial charge >= 0.3 is 0 Å². The first kappa shape index (κ1) is 18.1. The maximum absolute atomic E-state index is 11.7. The standard InChI is InChI=1S/C16H17N5OS3/c1-3-8-17-13(22)9-23-15-20-21-16(25-15)24-14-12-7-5-4-6-11(12)10(2)18-19-14/h4-7H,3,8-9H2,1-2H3,(H,17,22). The van der Waals surface area contributed by atoms with Crippen molar-refractivity contribution in [3.8, 4) is 0 Å². The van der Waals surface area contributed by atoms with Gasteiger partial charge in [0.2, 0.25) is 5.91 Å². The average Bonchev–Trinajstić information content (AvgIpc) is 3.08. The summed E-state index contributed by atoms with van der Waals surface area (Å²) < 4.78 is 1.57. The number of hydrogen-bond donors (Lipinski definition) is 1. The molecule has 0 aliphatic rings. The Bertz CT molecular complexity index is 883. The second kappa shape index (κ2) is 8.59. The zero-order chi connectivity index (χ0) is 17.6. The van der Waals surface area contributed by atoms with Crippen molar-refractivity contribution in [2.75, 3.05) is 12.3 Å². The van der Waals surface area contributed by atoms with E-state index < -0.39 is 0 Å². The molecule has 1 aromatic carbocycles. The van der Waals surface area contributed by atoms with Crippen LogP contribution in [0.2, 0.25) is 0 Å². The zero-order valence-corrected chi connectivity index (χ0v) is 16.3. The van der Waals surface area contributed by atoms with Crippen LogP contribution in [0.4, 0.5) is 0 Å². The van der Waals surface area contributed by atoms with E-state index in [1.807, 2.05) is 38.1 Å². The Hall–Kier alpha value is -1.71. The summed E-state index contributed by atoms with van der Waals surface area (Å²) in [5.74, 6) is 0.374. The van der Waals surface area contributed by atoms with Crippen molar-refractivity contribution in [2.45, 2.75) is 34.0 Å². The van der Waals surface area contributed by atoms with Crippen LogP contribution in [0.3, 0.4) is 0 Å². The van der Waals surface area contributed by atoms with E-state index >= 15 is 0 Å². The molecule has 0 spiro atoms. The van der Waals surface area contributed by atoms with Gasteiger partial charge in [-0.1, -0.05) is 54.3 Å². The minimum absolute atomic E-state index is 0.0200. The Morgan fingerprint density at radius 2 is 1.88 bits per heavy atom. The Kier molecular flexibility index (Phi) is 6.22. The topological polar surface area (TPSA) is 80.7 Å². The van der Waals surface area contributed by atoms with E-state index in [4.69, 9.17) is 0 Å². The second-order valence-corrected chi connectivity index (χ2v) is 8.65. The number of fused-ring (bicyclic) bond motifs is 1. The summed E-state index contributed by atoms with van der Waals surface area (Å²) in [6.07, 6.45) is 0.932. The van der Waals surface area contributed by atoms with Gasteiger partial charge in [-0.15, -0.1) is 15.3 Å². The first-order chi connectivity index (χ1) is 12.2. The van der Waals surface area contributed by atoms with E-state index in [0.717, 1.165) is 36.6 Å². The predicted octanol–water partition coefficient (Wildman–Crippen LogP) is 3.56. The van der Waals surface area contributed by atoms with E-state index in [9.17, 15) is 4.79 Å². The SMILES string of the molecule is CCCNC(=O)CSc1nnc(Sc2nnc(C)c3ccccc23)s1. The van der Waals surface area contributed by atoms with Crippen molar-refractivity contribution in [1.82, 2.24) is 25.7 Å². The van der Waals surface area contributed by atoms with Gasteiger partial charge in [0.25, 0.3) is 0 Å². The van der Waals surface area contributed by atoms with E-state index in [0.29, 0.717) is 12.3 Å². The molecule has 2 aromatic heterocycles. The maximum atomic E-state index is 11.7. The smallest absolute Gasteiger partial charge is 0.230 e. The highest BCUT2D eigenvalue weighted by Gasteiger charge is 2.13. The number of hydrogen-bond acceptors (Lipinski definition) is 8. The molecular formula is C16H17N5OS3. The molecule has 0 saturated carbocycles. The van der Waals surface area contributed by atoms with Crippen LogP contribution in [0.5, 0.6) is 0 Å². The van der Waals surface area contributed by atoms with Crippen LogP contribution in [-0.2, 0) is 4.79 Å². The van der Waals surface area contributed by atoms with Gasteiger partial charge in [-0.2, -0.15) is 5.10 Å². The first-order valence-corrected chi connectivity index (χ1v) is 10.4. The van der Waals surface area contributed by atoms with Crippen LogP contribution in [0.1, 0.15) is 19.0 Å². The summed E-state index contributed by atoms with van der Waals surface area (Å²) in [6.45, 7) is 4.68. The third kappa shape index (κ3) is 4.68. The number of nitrogens with zero attached hydrogens (tertiary/aromatic N) is 4. The van der Waals surface area contributed by atoms with Crippen molar-refractivity contribution in [1.29, 1.82) is 0 Å². The van der Waals surface area contributed by atoms with Crippen LogP contribution in [-0.4, -0.2) is 38.6 Å². The lowest BCUT2D eigenvalue weighted by atomic mass is 10.1. The summed E-state index contributed by atoms with van der Waals surface area (Å²) >= 11 is 4.31. The quantitative estimate of drug-likeness (QED) is 0.617. The zero-order valence-electron chi connectivity index (χ0n) is 13.9. The van der Waals surface area contributed by atoms with Crippen molar-refractivity contribution in [3.63, 3.8) is 0 Å². The molecule has 0 fully saturated rings. The minimum Gasteiger partial charge on any atom is -0.355 e. The highest BCUT2D eigenvalue weighted by molar-refractivity contribution is 8.03. The van der Waals surface area contributed by atoms with Crippen molar-refractivity contribution >= 4 is 51.5 Å². The fourth-order valence-electron chi connectivity index (χ4n) is 2.11. The molecule has 3 rings (SSSR count). The lowest BCUT2D eigenvalue weighted by Crippen LogP contribution is -2.25. The molecule has 3 aromatic rings. The van der Waals surface area contributed by atoms with E-state index in [2.05, 4.69) is 25.7 Å². The Morgan fingerprint density at radius 1 is 1.12 bits per heavy atom. The summed E-state index contributed by atoms with van der Waals surface area (Å²) in [4.78, 5) is 11.7. The highest BCUT2D eigenvalue weighted by atomic mass is 32.2. The maximum Gasteiger partial charge on any atom is 0.230 e. The molecule has 2 heterocycles. The lowest BCUT2D eigenvalue weighted by molar-refractivity contribution is -0.118. The fraction of sp³-hybridized carbons (Fsp3) is 0.312. The number of thioether (sulfide) groups is 1. The Morgan fingerprint density at radius 3 is 2.68 bits per heavy atom. The minimum atomic E-state index is 0.0200. The van der Waals surface area contributed by atoms with Crippen LogP contribution in [0.15, 0.2) is 38.0 Å². The largest absolute Gasteiger partial charge is 0.355 e. The molecule has 0 bridgehead atoms. The molecule has 25 heavy (non-hydrogen) atoms. The number of aromatic nitrogens is 4. The number of amides is 1. The van der Waals surface area contributed by atoms with Gasteiger partial charge in [-0.25, -0.2) is 0 Å². The predicted molar refractivity (Wildman–Crippen MR) is 102 cm³/mol. The number of nitrogens with one attached hydrogen (secondary N) is 1. The van der Waals surface area contributed by atoms with Gasteiger partial charge in [-0.05, 0) is 25.1 Å². The number of carbonyl (C=O) groups excluding carboxylic acids is 1. The molecule has 0 aliphatic carbocycles. The molecule has 1 N–H and O–H groups in total. The fourth-order valence-corrected chi connectivity index (χ4v) is 4.94. The number of aryl methyl sites for hydroxylation is 1. The third-order valence-electron chi connectivity index (χ3n) is 3.31.